The maximum absolute atomic E-state index is 10.9. The largest absolute Gasteiger partial charge is 0.481 e. The van der Waals surface area contributed by atoms with E-state index in [1.54, 1.807) is 0 Å². The molecule has 2 aliphatic carbocycles. The molecule has 0 amide bonds. The monoisotopic (exact) mass is 183 g/mol. The van der Waals surface area contributed by atoms with Gasteiger partial charge in [-0.1, -0.05) is 5.16 Å². The summed E-state index contributed by atoms with van der Waals surface area (Å²) < 4.78 is 0. The van der Waals surface area contributed by atoms with Gasteiger partial charge in [-0.3, -0.25) is 4.79 Å². The van der Waals surface area contributed by atoms with Gasteiger partial charge < -0.3 is 9.94 Å². The normalized spacial score (nSPS) is 39.8. The highest BCUT2D eigenvalue weighted by Gasteiger charge is 2.50. The van der Waals surface area contributed by atoms with Gasteiger partial charge in [0.2, 0.25) is 0 Å². The number of oxime groups is 1. The molecule has 2 aliphatic rings. The van der Waals surface area contributed by atoms with Crippen LogP contribution in [0.25, 0.3) is 0 Å². The minimum atomic E-state index is -0.672. The summed E-state index contributed by atoms with van der Waals surface area (Å²) in [6, 6.07) is 0. The zero-order chi connectivity index (χ0) is 9.42. The molecule has 0 spiro atoms. The average molecular weight is 183 g/mol. The number of hydrogen-bond donors (Lipinski definition) is 1. The number of rotatable bonds is 2. The topological polar surface area (TPSA) is 58.9 Å². The first kappa shape index (κ1) is 8.53. The molecule has 2 bridgehead atoms. The second-order valence-electron chi connectivity index (χ2n) is 3.78. The molecule has 0 radical (unpaired) electrons. The van der Waals surface area contributed by atoms with E-state index in [9.17, 15) is 4.79 Å². The highest BCUT2D eigenvalue weighted by Crippen LogP contribution is 2.47. The molecule has 0 unspecified atom stereocenters. The van der Waals surface area contributed by atoms with Crippen LogP contribution in [0.2, 0.25) is 0 Å². The Morgan fingerprint density at radius 3 is 2.92 bits per heavy atom. The van der Waals surface area contributed by atoms with Gasteiger partial charge in [0, 0.05) is 5.92 Å². The fraction of sp³-hybridized carbons (Fsp3) is 0.778. The van der Waals surface area contributed by atoms with Crippen molar-refractivity contribution in [2.24, 2.45) is 22.9 Å². The lowest BCUT2D eigenvalue weighted by molar-refractivity contribution is -0.143. The van der Waals surface area contributed by atoms with Crippen LogP contribution in [-0.2, 0) is 9.63 Å². The predicted octanol–water partition coefficient (Wildman–Crippen LogP) is 1.12. The maximum atomic E-state index is 10.9. The number of fused-ring (bicyclic) bond motifs is 2. The zero-order valence-corrected chi connectivity index (χ0v) is 7.56. The number of carboxylic acids is 1. The maximum Gasteiger partial charge on any atom is 0.307 e. The summed E-state index contributed by atoms with van der Waals surface area (Å²) in [5.41, 5.74) is 0.950. The third kappa shape index (κ3) is 1.20. The van der Waals surface area contributed by atoms with E-state index < -0.39 is 5.97 Å². The molecule has 4 nitrogen and oxygen atoms in total. The van der Waals surface area contributed by atoms with Crippen molar-refractivity contribution in [1.29, 1.82) is 0 Å². The molecular formula is C9H13NO3. The Bertz CT molecular complexity index is 262. The first-order chi connectivity index (χ1) is 6.24. The van der Waals surface area contributed by atoms with E-state index in [-0.39, 0.29) is 11.8 Å². The van der Waals surface area contributed by atoms with Crippen LogP contribution in [0, 0.1) is 17.8 Å². The van der Waals surface area contributed by atoms with Crippen molar-refractivity contribution >= 4 is 11.7 Å². The molecule has 0 aromatic rings. The van der Waals surface area contributed by atoms with Crippen molar-refractivity contribution in [3.8, 4) is 0 Å². The molecule has 0 aromatic heterocycles. The van der Waals surface area contributed by atoms with E-state index in [2.05, 4.69) is 5.16 Å². The first-order valence-corrected chi connectivity index (χ1v) is 4.56. The van der Waals surface area contributed by atoms with Crippen molar-refractivity contribution in [3.05, 3.63) is 0 Å². The summed E-state index contributed by atoms with van der Waals surface area (Å²) in [6.07, 6.45) is 2.81. The molecule has 0 aromatic carbocycles. The predicted molar refractivity (Wildman–Crippen MR) is 46.4 cm³/mol. The summed E-state index contributed by atoms with van der Waals surface area (Å²) in [5.74, 6) is -0.429. The molecule has 3 atom stereocenters. The fourth-order valence-electron chi connectivity index (χ4n) is 2.70. The third-order valence-corrected chi connectivity index (χ3v) is 3.18. The van der Waals surface area contributed by atoms with Crippen LogP contribution in [-0.4, -0.2) is 23.9 Å². The molecule has 0 saturated heterocycles. The minimum absolute atomic E-state index is 0.141. The van der Waals surface area contributed by atoms with Crippen molar-refractivity contribution in [2.75, 3.05) is 7.11 Å². The smallest absolute Gasteiger partial charge is 0.307 e. The number of aliphatic carboxylic acids is 1. The van der Waals surface area contributed by atoms with Crippen molar-refractivity contribution in [3.63, 3.8) is 0 Å². The van der Waals surface area contributed by atoms with Gasteiger partial charge in [0.15, 0.2) is 0 Å². The molecule has 72 valence electrons. The molecular weight excluding hydrogens is 170 g/mol. The summed E-state index contributed by atoms with van der Waals surface area (Å²) in [6.45, 7) is 0. The van der Waals surface area contributed by atoms with Crippen molar-refractivity contribution in [2.45, 2.75) is 19.3 Å². The SMILES string of the molecule is CO/N=C1/C[C@@H]2CC[C@H]1[C@@H]2C(=O)O. The Morgan fingerprint density at radius 2 is 2.38 bits per heavy atom. The van der Waals surface area contributed by atoms with E-state index >= 15 is 0 Å². The van der Waals surface area contributed by atoms with Crippen LogP contribution < -0.4 is 0 Å². The lowest BCUT2D eigenvalue weighted by Crippen LogP contribution is -2.20. The molecule has 0 aliphatic heterocycles. The Hall–Kier alpha value is -1.06. The van der Waals surface area contributed by atoms with E-state index in [0.29, 0.717) is 5.92 Å². The lowest BCUT2D eigenvalue weighted by Gasteiger charge is -2.09. The Balaban J connectivity index is 2.19. The quantitative estimate of drug-likeness (QED) is 0.652. The zero-order valence-electron chi connectivity index (χ0n) is 7.56. The molecule has 2 saturated carbocycles. The Kier molecular flexibility index (Phi) is 1.98. The fourth-order valence-corrected chi connectivity index (χ4v) is 2.70. The van der Waals surface area contributed by atoms with Crippen LogP contribution in [0.3, 0.4) is 0 Å². The van der Waals surface area contributed by atoms with Gasteiger partial charge in [-0.05, 0) is 25.2 Å². The Morgan fingerprint density at radius 1 is 1.62 bits per heavy atom. The van der Waals surface area contributed by atoms with Gasteiger partial charge in [-0.15, -0.1) is 0 Å². The molecule has 2 fully saturated rings. The average Bonchev–Trinajstić information content (AvgIpc) is 2.60. The van der Waals surface area contributed by atoms with E-state index in [1.165, 1.54) is 7.11 Å². The lowest BCUT2D eigenvalue weighted by atomic mass is 9.98. The summed E-state index contributed by atoms with van der Waals surface area (Å²) in [4.78, 5) is 15.6. The molecule has 2 rings (SSSR count). The minimum Gasteiger partial charge on any atom is -0.481 e. The number of hydrogen-bond acceptors (Lipinski definition) is 3. The number of carbonyl (C=O) groups is 1. The number of nitrogens with zero attached hydrogens (tertiary/aromatic N) is 1. The van der Waals surface area contributed by atoms with Crippen LogP contribution in [0.1, 0.15) is 19.3 Å². The van der Waals surface area contributed by atoms with E-state index in [1.807, 2.05) is 0 Å². The standard InChI is InChI=1S/C9H13NO3/c1-13-10-7-4-5-2-3-6(7)8(5)9(11)12/h5-6,8H,2-4H2,1H3,(H,11,12)/b10-7-/t5-,6+,8+/m0/s1. The van der Waals surface area contributed by atoms with E-state index in [4.69, 9.17) is 9.94 Å². The molecule has 1 N–H and O–H groups in total. The molecule has 13 heavy (non-hydrogen) atoms. The van der Waals surface area contributed by atoms with Crippen LogP contribution >= 0.6 is 0 Å². The van der Waals surface area contributed by atoms with Gasteiger partial charge in [0.05, 0.1) is 11.6 Å². The van der Waals surface area contributed by atoms with Crippen LogP contribution in [0.15, 0.2) is 5.16 Å². The summed E-state index contributed by atoms with van der Waals surface area (Å²) >= 11 is 0. The first-order valence-electron chi connectivity index (χ1n) is 4.56. The highest BCUT2D eigenvalue weighted by atomic mass is 16.6. The second-order valence-corrected chi connectivity index (χ2v) is 3.78. The third-order valence-electron chi connectivity index (χ3n) is 3.18. The van der Waals surface area contributed by atoms with Crippen molar-refractivity contribution in [1.82, 2.24) is 0 Å². The Labute approximate surface area is 76.6 Å². The number of carboxylic acid groups (broad SMARTS) is 1. The molecule has 0 heterocycles. The van der Waals surface area contributed by atoms with Crippen molar-refractivity contribution < 1.29 is 14.7 Å². The van der Waals surface area contributed by atoms with Crippen LogP contribution in [0.5, 0.6) is 0 Å². The van der Waals surface area contributed by atoms with Crippen LogP contribution in [0.4, 0.5) is 0 Å². The highest BCUT2D eigenvalue weighted by molar-refractivity contribution is 5.94. The molecule has 4 heteroatoms. The van der Waals surface area contributed by atoms with Gasteiger partial charge in [-0.2, -0.15) is 0 Å². The van der Waals surface area contributed by atoms with Gasteiger partial charge in [-0.25, -0.2) is 0 Å². The summed E-state index contributed by atoms with van der Waals surface area (Å²) in [5, 5.41) is 12.9. The van der Waals surface area contributed by atoms with Gasteiger partial charge >= 0.3 is 5.97 Å². The van der Waals surface area contributed by atoms with E-state index in [0.717, 1.165) is 25.0 Å². The van der Waals surface area contributed by atoms with Gasteiger partial charge in [0.1, 0.15) is 7.11 Å². The summed E-state index contributed by atoms with van der Waals surface area (Å²) in [7, 11) is 1.51. The van der Waals surface area contributed by atoms with Gasteiger partial charge in [0.25, 0.3) is 0 Å². The second kappa shape index (κ2) is 3.01.